The van der Waals surface area contributed by atoms with Crippen LogP contribution in [0.2, 0.25) is 4.47 Å². The minimum Gasteiger partial charge on any atom is -0.151 e. The molecule has 0 radical (unpaired) electrons. The van der Waals surface area contributed by atoms with Gasteiger partial charge in [-0.2, -0.15) is 11.8 Å². The van der Waals surface area contributed by atoms with Crippen molar-refractivity contribution in [2.45, 2.75) is 31.8 Å². The lowest BCUT2D eigenvalue weighted by Crippen LogP contribution is -2.05. The van der Waals surface area contributed by atoms with Gasteiger partial charge in [-0.3, -0.25) is 0 Å². The molecule has 0 saturated carbocycles. The van der Waals surface area contributed by atoms with E-state index in [4.69, 9.17) is 11.6 Å². The summed E-state index contributed by atoms with van der Waals surface area (Å²) in [6.45, 7) is 6.69. The van der Waals surface area contributed by atoms with E-state index in [2.05, 4.69) is 31.0 Å². The van der Waals surface area contributed by atoms with Gasteiger partial charge in [0.25, 0.3) is 0 Å². The molecule has 0 fully saturated rings. The van der Waals surface area contributed by atoms with Crippen LogP contribution in [-0.2, 0) is 5.75 Å². The molecule has 0 N–H and O–H groups in total. The minimum absolute atomic E-state index is 0.535. The van der Waals surface area contributed by atoms with Gasteiger partial charge in [0, 0.05) is 11.0 Å². The Bertz CT molecular complexity index is 262. The van der Waals surface area contributed by atoms with E-state index in [0.29, 0.717) is 15.6 Å². The lowest BCUT2D eigenvalue weighted by molar-refractivity contribution is 0.642. The summed E-state index contributed by atoms with van der Waals surface area (Å²) >= 11 is 9.04. The average Bonchev–Trinajstić information content (AvgIpc) is 2.47. The van der Waals surface area contributed by atoms with Crippen molar-refractivity contribution in [1.29, 1.82) is 0 Å². The number of hydrogen-bond acceptors (Lipinski definition) is 4. The van der Waals surface area contributed by atoms with E-state index in [0.717, 1.165) is 10.8 Å². The van der Waals surface area contributed by atoms with E-state index >= 15 is 0 Å². The molecule has 0 saturated heterocycles. The van der Waals surface area contributed by atoms with Gasteiger partial charge in [0.1, 0.15) is 5.01 Å². The average molecular weight is 237 g/mol. The van der Waals surface area contributed by atoms with Crippen LogP contribution < -0.4 is 0 Å². The Hall–Kier alpha value is 0.200. The van der Waals surface area contributed by atoms with Crippen LogP contribution in [0.25, 0.3) is 0 Å². The fraction of sp³-hybridized carbons (Fsp3) is 0.750. The summed E-state index contributed by atoms with van der Waals surface area (Å²) in [5.74, 6) is 1.62. The number of hydrogen-bond donors (Lipinski definition) is 0. The highest BCUT2D eigenvalue weighted by atomic mass is 35.5. The fourth-order valence-corrected chi connectivity index (χ4v) is 2.64. The largest absolute Gasteiger partial charge is 0.207 e. The van der Waals surface area contributed by atoms with Crippen LogP contribution in [0.4, 0.5) is 0 Å². The number of thioether (sulfide) groups is 1. The van der Waals surface area contributed by atoms with Gasteiger partial charge in [0.15, 0.2) is 0 Å². The molecule has 1 aromatic rings. The van der Waals surface area contributed by atoms with Crippen LogP contribution in [0.15, 0.2) is 0 Å². The van der Waals surface area contributed by atoms with E-state index in [1.807, 2.05) is 11.8 Å². The zero-order valence-electron chi connectivity index (χ0n) is 7.95. The Morgan fingerprint density at radius 3 is 2.54 bits per heavy atom. The molecule has 0 aromatic carbocycles. The second-order valence-corrected chi connectivity index (χ2v) is 6.22. The van der Waals surface area contributed by atoms with Crippen LogP contribution in [0, 0.1) is 5.92 Å². The molecule has 1 unspecified atom stereocenters. The molecule has 1 heterocycles. The van der Waals surface area contributed by atoms with Gasteiger partial charge in [0.2, 0.25) is 4.47 Å². The van der Waals surface area contributed by atoms with Gasteiger partial charge in [-0.1, -0.05) is 32.1 Å². The zero-order chi connectivity index (χ0) is 9.84. The summed E-state index contributed by atoms with van der Waals surface area (Å²) < 4.78 is 0.535. The van der Waals surface area contributed by atoms with Crippen molar-refractivity contribution in [3.63, 3.8) is 0 Å². The minimum atomic E-state index is 0.535. The van der Waals surface area contributed by atoms with Crippen molar-refractivity contribution in [3.8, 4) is 0 Å². The Morgan fingerprint density at radius 1 is 1.38 bits per heavy atom. The van der Waals surface area contributed by atoms with Gasteiger partial charge < -0.3 is 0 Å². The summed E-state index contributed by atoms with van der Waals surface area (Å²) in [7, 11) is 0. The van der Waals surface area contributed by atoms with E-state index in [1.54, 1.807) is 0 Å². The van der Waals surface area contributed by atoms with Gasteiger partial charge in [-0.05, 0) is 17.5 Å². The zero-order valence-corrected chi connectivity index (χ0v) is 10.3. The standard InChI is InChI=1S/C8H13ClN2S2/c1-5(2)6(3)12-4-7-10-11-8(9)13-7/h5-6H,4H2,1-3H3. The second kappa shape index (κ2) is 5.17. The third-order valence-corrected chi connectivity index (χ3v) is 4.56. The van der Waals surface area contributed by atoms with Crippen molar-refractivity contribution in [3.05, 3.63) is 9.47 Å². The van der Waals surface area contributed by atoms with Gasteiger partial charge >= 0.3 is 0 Å². The van der Waals surface area contributed by atoms with Gasteiger partial charge in [-0.25, -0.2) is 0 Å². The first-order chi connectivity index (χ1) is 6.09. The number of nitrogens with zero attached hydrogens (tertiary/aromatic N) is 2. The monoisotopic (exact) mass is 236 g/mol. The van der Waals surface area contributed by atoms with Crippen molar-refractivity contribution >= 4 is 34.7 Å². The summed E-state index contributed by atoms with van der Waals surface area (Å²) in [6.07, 6.45) is 0. The predicted molar refractivity (Wildman–Crippen MR) is 60.5 cm³/mol. The lowest BCUT2D eigenvalue weighted by atomic mass is 10.2. The van der Waals surface area contributed by atoms with Crippen LogP contribution in [-0.4, -0.2) is 15.4 Å². The normalized spacial score (nSPS) is 13.6. The Morgan fingerprint density at radius 2 is 2.08 bits per heavy atom. The SMILES string of the molecule is CC(C)C(C)SCc1nnc(Cl)s1. The maximum Gasteiger partial charge on any atom is 0.207 e. The third kappa shape index (κ3) is 3.83. The Kier molecular flexibility index (Phi) is 4.49. The highest BCUT2D eigenvalue weighted by molar-refractivity contribution is 7.99. The molecule has 1 aromatic heterocycles. The summed E-state index contributed by atoms with van der Waals surface area (Å²) in [5.41, 5.74) is 0. The van der Waals surface area contributed by atoms with Crippen molar-refractivity contribution in [1.82, 2.24) is 10.2 Å². The smallest absolute Gasteiger partial charge is 0.151 e. The van der Waals surface area contributed by atoms with Gasteiger partial charge in [-0.15, -0.1) is 10.2 Å². The van der Waals surface area contributed by atoms with Crippen molar-refractivity contribution in [2.75, 3.05) is 0 Å². The fourth-order valence-electron chi connectivity index (χ4n) is 0.687. The predicted octanol–water partition coefficient (Wildman–Crippen LogP) is 3.47. The first-order valence-electron chi connectivity index (χ1n) is 4.19. The third-order valence-electron chi connectivity index (χ3n) is 1.85. The Labute approximate surface area is 92.1 Å². The molecular formula is C8H13ClN2S2. The highest BCUT2D eigenvalue weighted by Crippen LogP contribution is 2.25. The van der Waals surface area contributed by atoms with Crippen LogP contribution in [0.5, 0.6) is 0 Å². The van der Waals surface area contributed by atoms with E-state index in [-0.39, 0.29) is 0 Å². The van der Waals surface area contributed by atoms with E-state index < -0.39 is 0 Å². The van der Waals surface area contributed by atoms with E-state index in [9.17, 15) is 0 Å². The Balaban J connectivity index is 2.35. The lowest BCUT2D eigenvalue weighted by Gasteiger charge is -2.13. The number of rotatable bonds is 4. The molecule has 0 spiro atoms. The second-order valence-electron chi connectivity index (χ2n) is 3.21. The molecule has 0 aliphatic rings. The maximum absolute atomic E-state index is 5.67. The first kappa shape index (κ1) is 11.3. The van der Waals surface area contributed by atoms with Crippen LogP contribution >= 0.6 is 34.7 Å². The molecule has 0 bridgehead atoms. The molecule has 2 nitrogen and oxygen atoms in total. The maximum atomic E-state index is 5.67. The molecular weight excluding hydrogens is 224 g/mol. The van der Waals surface area contributed by atoms with Crippen LogP contribution in [0.1, 0.15) is 25.8 Å². The summed E-state index contributed by atoms with van der Waals surface area (Å²) in [4.78, 5) is 0. The summed E-state index contributed by atoms with van der Waals surface area (Å²) in [5, 5.41) is 9.39. The molecule has 13 heavy (non-hydrogen) atoms. The molecule has 0 amide bonds. The molecule has 74 valence electrons. The number of halogens is 1. The molecule has 1 atom stereocenters. The molecule has 1 rings (SSSR count). The van der Waals surface area contributed by atoms with Crippen molar-refractivity contribution < 1.29 is 0 Å². The first-order valence-corrected chi connectivity index (χ1v) is 6.43. The van der Waals surface area contributed by atoms with Gasteiger partial charge in [0.05, 0.1) is 0 Å². The van der Waals surface area contributed by atoms with E-state index in [1.165, 1.54) is 11.3 Å². The van der Waals surface area contributed by atoms with Crippen LogP contribution in [0.3, 0.4) is 0 Å². The molecule has 0 aliphatic heterocycles. The topological polar surface area (TPSA) is 25.8 Å². The quantitative estimate of drug-likeness (QED) is 0.801. The van der Waals surface area contributed by atoms with Crippen molar-refractivity contribution in [2.24, 2.45) is 5.92 Å². The molecule has 5 heteroatoms. The molecule has 0 aliphatic carbocycles. The number of aromatic nitrogens is 2. The highest BCUT2D eigenvalue weighted by Gasteiger charge is 2.09. The summed E-state index contributed by atoms with van der Waals surface area (Å²) in [6, 6.07) is 0.